The normalized spacial score (nSPS) is 10.6. The molecule has 0 aliphatic heterocycles. The SMILES string of the molecule is Clc1ccc(CNCc2ccc(Br)cc2)o1. The summed E-state index contributed by atoms with van der Waals surface area (Å²) in [6.45, 7) is 1.49. The Balaban J connectivity index is 1.82. The van der Waals surface area contributed by atoms with Gasteiger partial charge in [0.05, 0.1) is 6.54 Å². The van der Waals surface area contributed by atoms with Gasteiger partial charge >= 0.3 is 0 Å². The van der Waals surface area contributed by atoms with E-state index in [1.807, 2.05) is 18.2 Å². The second-order valence-corrected chi connectivity index (χ2v) is 4.72. The summed E-state index contributed by atoms with van der Waals surface area (Å²) in [5.41, 5.74) is 1.24. The van der Waals surface area contributed by atoms with Crippen molar-refractivity contribution in [3.63, 3.8) is 0 Å². The van der Waals surface area contributed by atoms with E-state index in [0.717, 1.165) is 16.8 Å². The number of benzene rings is 1. The lowest BCUT2D eigenvalue weighted by molar-refractivity contribution is 0.484. The Morgan fingerprint density at radius 1 is 1.06 bits per heavy atom. The van der Waals surface area contributed by atoms with Gasteiger partial charge in [0.2, 0.25) is 0 Å². The molecular weight excluding hydrogens is 289 g/mol. The minimum Gasteiger partial charge on any atom is -0.448 e. The first-order valence-electron chi connectivity index (χ1n) is 4.93. The van der Waals surface area contributed by atoms with Crippen LogP contribution in [0.2, 0.25) is 5.22 Å². The van der Waals surface area contributed by atoms with Gasteiger partial charge in [0.1, 0.15) is 5.76 Å². The largest absolute Gasteiger partial charge is 0.448 e. The zero-order chi connectivity index (χ0) is 11.4. The number of hydrogen-bond donors (Lipinski definition) is 1. The van der Waals surface area contributed by atoms with Gasteiger partial charge in [-0.1, -0.05) is 28.1 Å². The molecule has 1 aromatic heterocycles. The molecule has 1 N–H and O–H groups in total. The number of rotatable bonds is 4. The Kier molecular flexibility index (Phi) is 4.04. The summed E-state index contributed by atoms with van der Waals surface area (Å²) in [5, 5.41) is 3.71. The molecule has 0 atom stereocenters. The van der Waals surface area contributed by atoms with Crippen molar-refractivity contribution in [2.24, 2.45) is 0 Å². The molecule has 0 fully saturated rings. The van der Waals surface area contributed by atoms with Crippen LogP contribution in [0.3, 0.4) is 0 Å². The monoisotopic (exact) mass is 299 g/mol. The summed E-state index contributed by atoms with van der Waals surface area (Å²) in [6.07, 6.45) is 0. The van der Waals surface area contributed by atoms with Crippen molar-refractivity contribution in [2.75, 3.05) is 0 Å². The highest BCUT2D eigenvalue weighted by molar-refractivity contribution is 9.10. The lowest BCUT2D eigenvalue weighted by Crippen LogP contribution is -2.11. The third kappa shape index (κ3) is 3.37. The number of nitrogens with one attached hydrogen (secondary N) is 1. The van der Waals surface area contributed by atoms with Crippen LogP contribution >= 0.6 is 27.5 Å². The fourth-order valence-corrected chi connectivity index (χ4v) is 1.81. The Bertz CT molecular complexity index is 452. The highest BCUT2D eigenvalue weighted by Crippen LogP contribution is 2.13. The van der Waals surface area contributed by atoms with E-state index in [0.29, 0.717) is 11.8 Å². The first-order valence-corrected chi connectivity index (χ1v) is 6.10. The molecule has 0 amide bonds. The molecule has 2 nitrogen and oxygen atoms in total. The smallest absolute Gasteiger partial charge is 0.193 e. The van der Waals surface area contributed by atoms with Crippen LogP contribution in [0.25, 0.3) is 0 Å². The van der Waals surface area contributed by atoms with Gasteiger partial charge in [-0.15, -0.1) is 0 Å². The maximum absolute atomic E-state index is 5.67. The molecule has 84 valence electrons. The molecule has 1 aromatic carbocycles. The molecule has 0 aliphatic carbocycles. The van der Waals surface area contributed by atoms with Gasteiger partial charge in [-0.2, -0.15) is 0 Å². The summed E-state index contributed by atoms with van der Waals surface area (Å²) in [6, 6.07) is 11.8. The summed E-state index contributed by atoms with van der Waals surface area (Å²) in [7, 11) is 0. The lowest BCUT2D eigenvalue weighted by Gasteiger charge is -2.02. The van der Waals surface area contributed by atoms with Gasteiger partial charge < -0.3 is 9.73 Å². The molecule has 0 bridgehead atoms. The second kappa shape index (κ2) is 5.53. The molecule has 16 heavy (non-hydrogen) atoms. The van der Waals surface area contributed by atoms with Gasteiger partial charge in [-0.05, 0) is 41.4 Å². The number of hydrogen-bond acceptors (Lipinski definition) is 2. The van der Waals surface area contributed by atoms with Gasteiger partial charge in [0.25, 0.3) is 0 Å². The highest BCUT2D eigenvalue weighted by atomic mass is 79.9. The third-order valence-corrected chi connectivity index (χ3v) is 2.90. The van der Waals surface area contributed by atoms with Crippen molar-refractivity contribution in [3.05, 3.63) is 57.4 Å². The van der Waals surface area contributed by atoms with Crippen LogP contribution in [0, 0.1) is 0 Å². The molecule has 0 saturated carbocycles. The second-order valence-electron chi connectivity index (χ2n) is 3.44. The molecular formula is C12H11BrClNO. The number of furan rings is 1. The van der Waals surface area contributed by atoms with Gasteiger partial charge in [0, 0.05) is 11.0 Å². The van der Waals surface area contributed by atoms with Crippen LogP contribution < -0.4 is 5.32 Å². The molecule has 0 unspecified atom stereocenters. The average Bonchev–Trinajstić information content (AvgIpc) is 2.67. The Hall–Kier alpha value is -0.770. The van der Waals surface area contributed by atoms with E-state index in [4.69, 9.17) is 16.0 Å². The van der Waals surface area contributed by atoms with E-state index in [1.165, 1.54) is 5.56 Å². The summed E-state index contributed by atoms with van der Waals surface area (Å²) in [5.74, 6) is 0.849. The van der Waals surface area contributed by atoms with Crippen molar-refractivity contribution >= 4 is 27.5 Å². The fraction of sp³-hybridized carbons (Fsp3) is 0.167. The van der Waals surface area contributed by atoms with E-state index in [-0.39, 0.29) is 0 Å². The van der Waals surface area contributed by atoms with Crippen LogP contribution in [-0.2, 0) is 13.1 Å². The summed E-state index contributed by atoms with van der Waals surface area (Å²) >= 11 is 9.08. The number of halogens is 2. The molecule has 0 spiro atoms. The van der Waals surface area contributed by atoms with Crippen LogP contribution in [-0.4, -0.2) is 0 Å². The first kappa shape index (κ1) is 11.7. The van der Waals surface area contributed by atoms with Crippen molar-refractivity contribution in [3.8, 4) is 0 Å². The van der Waals surface area contributed by atoms with Crippen LogP contribution in [0.5, 0.6) is 0 Å². The molecule has 0 aliphatic rings. The quantitative estimate of drug-likeness (QED) is 0.924. The van der Waals surface area contributed by atoms with Gasteiger partial charge in [-0.3, -0.25) is 0 Å². The molecule has 4 heteroatoms. The standard InChI is InChI=1S/C12H11BrClNO/c13-10-3-1-9(2-4-10)7-15-8-11-5-6-12(14)16-11/h1-6,15H,7-8H2. The maximum Gasteiger partial charge on any atom is 0.193 e. The van der Waals surface area contributed by atoms with Crippen molar-refractivity contribution < 1.29 is 4.42 Å². The van der Waals surface area contributed by atoms with Crippen LogP contribution in [0.1, 0.15) is 11.3 Å². The molecule has 0 saturated heterocycles. The minimum absolute atomic E-state index is 0.431. The summed E-state index contributed by atoms with van der Waals surface area (Å²) in [4.78, 5) is 0. The lowest BCUT2D eigenvalue weighted by atomic mass is 10.2. The predicted molar refractivity (Wildman–Crippen MR) is 68.4 cm³/mol. The fourth-order valence-electron chi connectivity index (χ4n) is 1.38. The Morgan fingerprint density at radius 2 is 1.81 bits per heavy atom. The molecule has 0 radical (unpaired) electrons. The summed E-state index contributed by atoms with van der Waals surface area (Å²) < 4.78 is 6.33. The first-order chi connectivity index (χ1) is 7.74. The third-order valence-electron chi connectivity index (χ3n) is 2.17. The van der Waals surface area contributed by atoms with Crippen LogP contribution in [0.15, 0.2) is 45.3 Å². The zero-order valence-electron chi connectivity index (χ0n) is 8.54. The predicted octanol–water partition coefficient (Wildman–Crippen LogP) is 3.99. The average molecular weight is 301 g/mol. The minimum atomic E-state index is 0.431. The highest BCUT2D eigenvalue weighted by Gasteiger charge is 1.99. The zero-order valence-corrected chi connectivity index (χ0v) is 10.9. The molecule has 2 aromatic rings. The van der Waals surface area contributed by atoms with Gasteiger partial charge in [-0.25, -0.2) is 0 Å². The van der Waals surface area contributed by atoms with Crippen LogP contribution in [0.4, 0.5) is 0 Å². The molecule has 1 heterocycles. The van der Waals surface area contributed by atoms with E-state index >= 15 is 0 Å². The van der Waals surface area contributed by atoms with Crippen molar-refractivity contribution in [2.45, 2.75) is 13.1 Å². The van der Waals surface area contributed by atoms with E-state index in [9.17, 15) is 0 Å². The van der Waals surface area contributed by atoms with Crippen molar-refractivity contribution in [1.82, 2.24) is 5.32 Å². The Labute approximate surface area is 108 Å². The van der Waals surface area contributed by atoms with Gasteiger partial charge in [0.15, 0.2) is 5.22 Å². The molecule has 2 rings (SSSR count). The van der Waals surface area contributed by atoms with Crippen molar-refractivity contribution in [1.29, 1.82) is 0 Å². The van der Waals surface area contributed by atoms with E-state index in [2.05, 4.69) is 33.4 Å². The van der Waals surface area contributed by atoms with E-state index < -0.39 is 0 Å². The topological polar surface area (TPSA) is 25.2 Å². The van der Waals surface area contributed by atoms with E-state index in [1.54, 1.807) is 6.07 Å². The Morgan fingerprint density at radius 3 is 2.44 bits per heavy atom. The maximum atomic E-state index is 5.67.